The smallest absolute Gasteiger partial charge is 0.274 e. The van der Waals surface area contributed by atoms with E-state index in [-0.39, 0.29) is 12.0 Å². The van der Waals surface area contributed by atoms with E-state index in [1.165, 1.54) is 6.42 Å². The summed E-state index contributed by atoms with van der Waals surface area (Å²) in [6, 6.07) is 0. The largest absolute Gasteiger partial charge is 0.384 e. The molecule has 0 atom stereocenters. The predicted molar refractivity (Wildman–Crippen MR) is 98.8 cm³/mol. The molecule has 1 aliphatic heterocycles. The molecule has 1 N–H and O–H groups in total. The molecule has 3 heterocycles. The summed E-state index contributed by atoms with van der Waals surface area (Å²) in [7, 11) is 1.64. The van der Waals surface area contributed by atoms with Crippen molar-refractivity contribution in [2.45, 2.75) is 57.7 Å². The van der Waals surface area contributed by atoms with E-state index in [4.69, 9.17) is 14.0 Å². The SMILES string of the molecule is COCCc1noc(COC2CCN(C(=O)c3n[nH]c4c3CCCC4)CC2)n1. The summed E-state index contributed by atoms with van der Waals surface area (Å²) in [5.41, 5.74) is 2.87. The summed E-state index contributed by atoms with van der Waals surface area (Å²) in [4.78, 5) is 19.0. The lowest BCUT2D eigenvalue weighted by molar-refractivity contribution is -0.00990. The Morgan fingerprint density at radius 3 is 2.93 bits per heavy atom. The van der Waals surface area contributed by atoms with E-state index in [2.05, 4.69) is 20.3 Å². The third kappa shape index (κ3) is 4.25. The minimum atomic E-state index is 0.0394. The van der Waals surface area contributed by atoms with E-state index in [0.29, 0.717) is 50.1 Å². The molecule has 28 heavy (non-hydrogen) atoms. The predicted octanol–water partition coefficient (Wildman–Crippen LogP) is 1.68. The van der Waals surface area contributed by atoms with Crippen LogP contribution in [0.3, 0.4) is 0 Å². The number of H-pyrrole nitrogens is 1. The molecule has 1 amide bonds. The van der Waals surface area contributed by atoms with E-state index in [0.717, 1.165) is 43.4 Å². The molecule has 4 rings (SSSR count). The molecule has 9 nitrogen and oxygen atoms in total. The summed E-state index contributed by atoms with van der Waals surface area (Å²) in [6.45, 7) is 2.21. The van der Waals surface area contributed by atoms with Gasteiger partial charge in [0, 0.05) is 37.9 Å². The van der Waals surface area contributed by atoms with Crippen molar-refractivity contribution in [3.05, 3.63) is 28.7 Å². The average Bonchev–Trinajstić information content (AvgIpc) is 3.37. The summed E-state index contributed by atoms with van der Waals surface area (Å²) >= 11 is 0. The van der Waals surface area contributed by atoms with Crippen LogP contribution in [0.5, 0.6) is 0 Å². The van der Waals surface area contributed by atoms with E-state index >= 15 is 0 Å². The van der Waals surface area contributed by atoms with Crippen molar-refractivity contribution < 1.29 is 18.8 Å². The number of carbonyl (C=O) groups is 1. The van der Waals surface area contributed by atoms with Gasteiger partial charge in [0.05, 0.1) is 12.7 Å². The molecule has 2 aliphatic rings. The zero-order valence-corrected chi connectivity index (χ0v) is 16.3. The number of nitrogens with one attached hydrogen (secondary N) is 1. The van der Waals surface area contributed by atoms with E-state index in [1.54, 1.807) is 7.11 Å². The van der Waals surface area contributed by atoms with Crippen molar-refractivity contribution >= 4 is 5.91 Å². The second-order valence-electron chi connectivity index (χ2n) is 7.39. The highest BCUT2D eigenvalue weighted by molar-refractivity contribution is 5.94. The Hall–Kier alpha value is -2.26. The number of nitrogens with zero attached hydrogens (tertiary/aromatic N) is 4. The first-order valence-electron chi connectivity index (χ1n) is 10.0. The number of methoxy groups -OCH3 is 1. The molecule has 1 aliphatic carbocycles. The van der Waals surface area contributed by atoms with Gasteiger partial charge < -0.3 is 18.9 Å². The van der Waals surface area contributed by atoms with Crippen molar-refractivity contribution in [1.82, 2.24) is 25.2 Å². The maximum Gasteiger partial charge on any atom is 0.274 e. The lowest BCUT2D eigenvalue weighted by Crippen LogP contribution is -2.41. The number of ether oxygens (including phenoxy) is 2. The van der Waals surface area contributed by atoms with Gasteiger partial charge in [-0.2, -0.15) is 10.1 Å². The number of amides is 1. The quantitative estimate of drug-likeness (QED) is 0.768. The van der Waals surface area contributed by atoms with E-state index < -0.39 is 0 Å². The Bertz CT molecular complexity index is 794. The number of aromatic nitrogens is 4. The lowest BCUT2D eigenvalue weighted by atomic mass is 9.95. The van der Waals surface area contributed by atoms with Gasteiger partial charge in [-0.15, -0.1) is 0 Å². The van der Waals surface area contributed by atoms with Crippen molar-refractivity contribution in [3.63, 3.8) is 0 Å². The van der Waals surface area contributed by atoms with Crippen molar-refractivity contribution in [3.8, 4) is 0 Å². The Morgan fingerprint density at radius 1 is 1.29 bits per heavy atom. The van der Waals surface area contributed by atoms with Crippen LogP contribution < -0.4 is 0 Å². The number of carbonyl (C=O) groups excluding carboxylic acids is 1. The third-order valence-corrected chi connectivity index (χ3v) is 5.47. The second kappa shape index (κ2) is 8.83. The van der Waals surface area contributed by atoms with Crippen molar-refractivity contribution in [1.29, 1.82) is 0 Å². The van der Waals surface area contributed by atoms with Gasteiger partial charge in [-0.1, -0.05) is 5.16 Å². The highest BCUT2D eigenvalue weighted by atomic mass is 16.5. The van der Waals surface area contributed by atoms with E-state index in [9.17, 15) is 4.79 Å². The molecule has 1 fully saturated rings. The summed E-state index contributed by atoms with van der Waals surface area (Å²) < 4.78 is 16.1. The molecule has 2 aromatic heterocycles. The Balaban J connectivity index is 1.25. The number of fused-ring (bicyclic) bond motifs is 1. The second-order valence-corrected chi connectivity index (χ2v) is 7.39. The monoisotopic (exact) mass is 389 g/mol. The van der Waals surface area contributed by atoms with Crippen LogP contribution in [0.25, 0.3) is 0 Å². The van der Waals surface area contributed by atoms with Crippen molar-refractivity contribution in [2.24, 2.45) is 0 Å². The number of likely N-dealkylation sites (tertiary alicyclic amines) is 1. The number of aromatic amines is 1. The number of hydrogen-bond donors (Lipinski definition) is 1. The van der Waals surface area contributed by atoms with Gasteiger partial charge in [-0.05, 0) is 38.5 Å². The minimum absolute atomic E-state index is 0.0394. The molecule has 1 saturated heterocycles. The number of aryl methyl sites for hydroxylation is 1. The fourth-order valence-corrected chi connectivity index (χ4v) is 3.87. The molecule has 0 unspecified atom stereocenters. The van der Waals surface area contributed by atoms with Gasteiger partial charge in [-0.3, -0.25) is 9.89 Å². The first-order valence-corrected chi connectivity index (χ1v) is 10.0. The Labute approximate surface area is 163 Å². The standard InChI is InChI=1S/C19H27N5O4/c1-26-11-8-16-20-17(28-23-16)12-27-13-6-9-24(10-7-13)19(25)18-14-4-2-3-5-15(14)21-22-18/h13H,2-12H2,1H3,(H,21,22). The topological polar surface area (TPSA) is 106 Å². The average molecular weight is 389 g/mol. The van der Waals surface area contributed by atoms with Gasteiger partial charge >= 0.3 is 0 Å². The molecule has 0 radical (unpaired) electrons. The summed E-state index contributed by atoms with van der Waals surface area (Å²) in [6.07, 6.45) is 6.54. The zero-order valence-electron chi connectivity index (χ0n) is 16.3. The summed E-state index contributed by atoms with van der Waals surface area (Å²) in [5.74, 6) is 1.15. The zero-order chi connectivity index (χ0) is 19.3. The molecule has 0 saturated carbocycles. The van der Waals surface area contributed by atoms with Crippen LogP contribution in [-0.2, 0) is 35.3 Å². The molecule has 0 bridgehead atoms. The van der Waals surface area contributed by atoms with Gasteiger partial charge in [-0.25, -0.2) is 0 Å². The fraction of sp³-hybridized carbons (Fsp3) is 0.684. The first-order chi connectivity index (χ1) is 13.7. The Kier molecular flexibility index (Phi) is 6.01. The molecule has 0 aromatic carbocycles. The molecular formula is C19H27N5O4. The van der Waals surface area contributed by atoms with Crippen LogP contribution >= 0.6 is 0 Å². The normalized spacial score (nSPS) is 17.7. The maximum atomic E-state index is 12.9. The molecule has 2 aromatic rings. The summed E-state index contributed by atoms with van der Waals surface area (Å²) in [5, 5.41) is 11.3. The molecular weight excluding hydrogens is 362 g/mol. The van der Waals surface area contributed by atoms with Crippen LogP contribution in [0.4, 0.5) is 0 Å². The van der Waals surface area contributed by atoms with Crippen LogP contribution in [0, 0.1) is 0 Å². The number of rotatable bonds is 7. The van der Waals surface area contributed by atoms with E-state index in [1.807, 2.05) is 4.90 Å². The van der Waals surface area contributed by atoms with Crippen LogP contribution in [-0.4, -0.2) is 64.1 Å². The third-order valence-electron chi connectivity index (χ3n) is 5.47. The highest BCUT2D eigenvalue weighted by Crippen LogP contribution is 2.24. The van der Waals surface area contributed by atoms with Crippen LogP contribution in [0.1, 0.15) is 59.1 Å². The molecule has 9 heteroatoms. The fourth-order valence-electron chi connectivity index (χ4n) is 3.87. The minimum Gasteiger partial charge on any atom is -0.384 e. The highest BCUT2D eigenvalue weighted by Gasteiger charge is 2.29. The van der Waals surface area contributed by atoms with Crippen LogP contribution in [0.15, 0.2) is 4.52 Å². The van der Waals surface area contributed by atoms with Gasteiger partial charge in [0.25, 0.3) is 11.8 Å². The number of piperidine rings is 1. The maximum absolute atomic E-state index is 12.9. The van der Waals surface area contributed by atoms with Gasteiger partial charge in [0.1, 0.15) is 6.61 Å². The lowest BCUT2D eigenvalue weighted by Gasteiger charge is -2.31. The molecule has 0 spiro atoms. The van der Waals surface area contributed by atoms with Gasteiger partial charge in [0.15, 0.2) is 11.5 Å². The number of hydrogen-bond acceptors (Lipinski definition) is 7. The first kappa shape index (κ1) is 19.1. The van der Waals surface area contributed by atoms with Gasteiger partial charge in [0.2, 0.25) is 0 Å². The van der Waals surface area contributed by atoms with Crippen molar-refractivity contribution in [2.75, 3.05) is 26.8 Å². The van der Waals surface area contributed by atoms with Crippen LogP contribution in [0.2, 0.25) is 0 Å². The molecule has 152 valence electrons. The Morgan fingerprint density at radius 2 is 2.11 bits per heavy atom.